The van der Waals surface area contributed by atoms with E-state index in [9.17, 15) is 13.2 Å². The van der Waals surface area contributed by atoms with E-state index in [2.05, 4.69) is 11.0 Å². The van der Waals surface area contributed by atoms with Gasteiger partial charge in [-0.05, 0) is 38.0 Å². The molecular weight excluding hydrogens is 390 g/mol. The van der Waals surface area contributed by atoms with Crippen molar-refractivity contribution >= 4 is 21.9 Å². The molecule has 2 rings (SSSR count). The van der Waals surface area contributed by atoms with E-state index in [0.717, 1.165) is 11.1 Å². The normalized spacial score (nSPS) is 12.9. The number of ether oxygens (including phenoxy) is 2. The Bertz CT molecular complexity index is 980. The van der Waals surface area contributed by atoms with Gasteiger partial charge in [0.15, 0.2) is 0 Å². The van der Waals surface area contributed by atoms with Crippen molar-refractivity contribution in [2.24, 2.45) is 4.40 Å². The number of esters is 1. The maximum absolute atomic E-state index is 12.8. The molecule has 0 amide bonds. The van der Waals surface area contributed by atoms with Crippen molar-refractivity contribution in [3.63, 3.8) is 0 Å². The molecule has 1 unspecified atom stereocenters. The zero-order valence-corrected chi connectivity index (χ0v) is 17.6. The minimum atomic E-state index is -3.99. The third-order valence-corrected chi connectivity index (χ3v) is 5.54. The average Bonchev–Trinajstić information content (AvgIpc) is 2.71. The monoisotopic (exact) mass is 415 g/mol. The van der Waals surface area contributed by atoms with Crippen LogP contribution in [-0.4, -0.2) is 34.0 Å². The number of rotatable bonds is 8. The predicted molar refractivity (Wildman–Crippen MR) is 112 cm³/mol. The van der Waals surface area contributed by atoms with Crippen molar-refractivity contribution in [1.29, 1.82) is 0 Å². The van der Waals surface area contributed by atoms with Crippen LogP contribution in [0.4, 0.5) is 0 Å². The highest BCUT2D eigenvalue weighted by Gasteiger charge is 2.26. The molecule has 0 aliphatic rings. The van der Waals surface area contributed by atoms with Crippen molar-refractivity contribution in [2.75, 3.05) is 13.7 Å². The summed E-state index contributed by atoms with van der Waals surface area (Å²) in [6.45, 7) is 7.58. The molecule has 6 nitrogen and oxygen atoms in total. The van der Waals surface area contributed by atoms with Gasteiger partial charge in [0.25, 0.3) is 10.0 Å². The fourth-order valence-electron chi connectivity index (χ4n) is 2.72. The zero-order chi connectivity index (χ0) is 21.4. The smallest absolute Gasteiger partial charge is 0.333 e. The largest absolute Gasteiger partial charge is 0.483 e. The summed E-state index contributed by atoms with van der Waals surface area (Å²) in [6.07, 6.45) is 0.110. The van der Waals surface area contributed by atoms with E-state index >= 15 is 0 Å². The Morgan fingerprint density at radius 2 is 1.72 bits per heavy atom. The fraction of sp³-hybridized carbons (Fsp3) is 0.273. The summed E-state index contributed by atoms with van der Waals surface area (Å²) < 4.78 is 39.9. The Morgan fingerprint density at radius 1 is 1.10 bits per heavy atom. The Balaban J connectivity index is 2.46. The van der Waals surface area contributed by atoms with Gasteiger partial charge in [0.1, 0.15) is 0 Å². The highest BCUT2D eigenvalue weighted by atomic mass is 32.2. The number of carbonyl (C=O) groups excluding carboxylic acids is 1. The van der Waals surface area contributed by atoms with E-state index in [-0.39, 0.29) is 29.4 Å². The van der Waals surface area contributed by atoms with Gasteiger partial charge < -0.3 is 9.47 Å². The molecule has 0 saturated heterocycles. The summed E-state index contributed by atoms with van der Waals surface area (Å²) in [5.41, 5.74) is 1.89. The van der Waals surface area contributed by atoms with Gasteiger partial charge in [-0.15, -0.1) is 4.40 Å². The SMILES string of the molecule is C=C(CC(/C(=N/S(=O)(=O)c1ccc(C)cc1)OC)c1ccccc1)C(=O)OCC. The molecule has 0 radical (unpaired) electrons. The van der Waals surface area contributed by atoms with Gasteiger partial charge in [-0.1, -0.05) is 54.6 Å². The number of hydrogen-bond donors (Lipinski definition) is 0. The second-order valence-corrected chi connectivity index (χ2v) is 8.02. The Labute approximate surface area is 171 Å². The first-order valence-electron chi connectivity index (χ1n) is 9.13. The van der Waals surface area contributed by atoms with Crippen LogP contribution in [0.2, 0.25) is 0 Å². The van der Waals surface area contributed by atoms with Crippen molar-refractivity contribution in [2.45, 2.75) is 31.1 Å². The molecule has 0 fully saturated rings. The summed E-state index contributed by atoms with van der Waals surface area (Å²) in [7, 11) is -2.64. The zero-order valence-electron chi connectivity index (χ0n) is 16.8. The van der Waals surface area contributed by atoms with Gasteiger partial charge >= 0.3 is 5.97 Å². The molecule has 0 aliphatic heterocycles. The lowest BCUT2D eigenvalue weighted by Gasteiger charge is -2.19. The lowest BCUT2D eigenvalue weighted by atomic mass is 9.92. The van der Waals surface area contributed by atoms with Crippen molar-refractivity contribution in [3.05, 3.63) is 77.9 Å². The maximum atomic E-state index is 12.8. The first-order chi connectivity index (χ1) is 13.8. The van der Waals surface area contributed by atoms with Gasteiger partial charge in [0.05, 0.1) is 24.5 Å². The first-order valence-corrected chi connectivity index (χ1v) is 10.6. The van der Waals surface area contributed by atoms with Crippen LogP contribution in [0.25, 0.3) is 0 Å². The van der Waals surface area contributed by atoms with E-state index in [1.807, 2.05) is 37.3 Å². The third-order valence-electron chi connectivity index (χ3n) is 4.25. The van der Waals surface area contributed by atoms with Crippen LogP contribution in [0.1, 0.15) is 30.4 Å². The van der Waals surface area contributed by atoms with Crippen molar-refractivity contribution < 1.29 is 22.7 Å². The number of nitrogens with zero attached hydrogens (tertiary/aromatic N) is 1. The number of aryl methyl sites for hydroxylation is 1. The average molecular weight is 416 g/mol. The molecule has 154 valence electrons. The molecule has 0 heterocycles. The summed E-state index contributed by atoms with van der Waals surface area (Å²) >= 11 is 0. The summed E-state index contributed by atoms with van der Waals surface area (Å²) in [5, 5.41) is 0. The highest BCUT2D eigenvalue weighted by molar-refractivity contribution is 7.90. The van der Waals surface area contributed by atoms with E-state index in [0.29, 0.717) is 0 Å². The Morgan fingerprint density at radius 3 is 2.28 bits per heavy atom. The van der Waals surface area contributed by atoms with Crippen LogP contribution < -0.4 is 0 Å². The van der Waals surface area contributed by atoms with Crippen LogP contribution in [0.3, 0.4) is 0 Å². The summed E-state index contributed by atoms with van der Waals surface area (Å²) in [5.74, 6) is -1.18. The Kier molecular flexibility index (Phi) is 7.73. The lowest BCUT2D eigenvalue weighted by molar-refractivity contribution is -0.138. The number of sulfonamides is 1. The lowest BCUT2D eigenvalue weighted by Crippen LogP contribution is -2.20. The predicted octanol–water partition coefficient (Wildman–Crippen LogP) is 4.02. The van der Waals surface area contributed by atoms with Crippen LogP contribution in [-0.2, 0) is 24.3 Å². The number of benzene rings is 2. The molecule has 0 aromatic heterocycles. The second kappa shape index (κ2) is 10.0. The molecule has 1 atom stereocenters. The molecule has 29 heavy (non-hydrogen) atoms. The number of hydrogen-bond acceptors (Lipinski definition) is 5. The summed E-state index contributed by atoms with van der Waals surface area (Å²) in [6, 6.07) is 15.5. The maximum Gasteiger partial charge on any atom is 0.333 e. The molecule has 2 aromatic carbocycles. The number of carbonyl (C=O) groups is 1. The minimum Gasteiger partial charge on any atom is -0.483 e. The van der Waals surface area contributed by atoms with Crippen molar-refractivity contribution in [1.82, 2.24) is 0 Å². The molecule has 0 saturated carbocycles. The standard InChI is InChI=1S/C22H25NO5S/c1-5-28-22(24)17(3)15-20(18-9-7-6-8-10-18)21(27-4)23-29(25,26)19-13-11-16(2)12-14-19/h6-14,20H,3,5,15H2,1-2,4H3/b23-21-. The third kappa shape index (κ3) is 6.02. The molecule has 0 aliphatic carbocycles. The molecule has 2 aromatic rings. The topological polar surface area (TPSA) is 82.0 Å². The van der Waals surface area contributed by atoms with Crippen LogP contribution in [0.5, 0.6) is 0 Å². The van der Waals surface area contributed by atoms with Gasteiger partial charge in [0, 0.05) is 5.57 Å². The molecular formula is C22H25NO5S. The van der Waals surface area contributed by atoms with Gasteiger partial charge in [0.2, 0.25) is 5.90 Å². The first kappa shape index (κ1) is 22.4. The molecule has 7 heteroatoms. The second-order valence-electron chi connectivity index (χ2n) is 6.41. The fourth-order valence-corrected chi connectivity index (χ4v) is 3.74. The van der Waals surface area contributed by atoms with E-state index < -0.39 is 21.9 Å². The van der Waals surface area contributed by atoms with E-state index in [4.69, 9.17) is 9.47 Å². The molecule has 0 N–H and O–H groups in total. The van der Waals surface area contributed by atoms with Gasteiger partial charge in [-0.25, -0.2) is 4.79 Å². The van der Waals surface area contributed by atoms with E-state index in [1.54, 1.807) is 19.1 Å². The van der Waals surface area contributed by atoms with Gasteiger partial charge in [-0.2, -0.15) is 8.42 Å². The molecule has 0 bridgehead atoms. The van der Waals surface area contributed by atoms with Crippen molar-refractivity contribution in [3.8, 4) is 0 Å². The van der Waals surface area contributed by atoms with Crippen LogP contribution >= 0.6 is 0 Å². The Hall–Kier alpha value is -2.93. The van der Waals surface area contributed by atoms with Gasteiger partial charge in [-0.3, -0.25) is 0 Å². The summed E-state index contributed by atoms with van der Waals surface area (Å²) in [4.78, 5) is 12.1. The van der Waals surface area contributed by atoms with E-state index in [1.165, 1.54) is 19.2 Å². The highest BCUT2D eigenvalue weighted by Crippen LogP contribution is 2.27. The van der Waals surface area contributed by atoms with Crippen LogP contribution in [0, 0.1) is 6.92 Å². The minimum absolute atomic E-state index is 0.0257. The quantitative estimate of drug-likeness (QED) is 0.281. The molecule has 0 spiro atoms. The number of methoxy groups -OCH3 is 1. The van der Waals surface area contributed by atoms with Crippen LogP contribution in [0.15, 0.2) is 76.0 Å².